The van der Waals surface area contributed by atoms with Gasteiger partial charge in [0, 0.05) is 15.4 Å². The van der Waals surface area contributed by atoms with Gasteiger partial charge in [-0.15, -0.1) is 0 Å². The number of hydrogen-bond acceptors (Lipinski definition) is 7. The highest BCUT2D eigenvalue weighted by Gasteiger charge is 2.33. The average Bonchev–Trinajstić information content (AvgIpc) is 2.94. The molecule has 1 aliphatic rings. The van der Waals surface area contributed by atoms with Crippen LogP contribution in [0.25, 0.3) is 11.1 Å². The highest BCUT2D eigenvalue weighted by molar-refractivity contribution is 8.00. The van der Waals surface area contributed by atoms with Gasteiger partial charge in [0.15, 0.2) is 0 Å². The summed E-state index contributed by atoms with van der Waals surface area (Å²) in [5.74, 6) is -0.0715. The number of para-hydroxylation sites is 2. The molecule has 6 nitrogen and oxygen atoms in total. The number of fused-ring (bicyclic) bond motifs is 2. The number of hydrogen-bond donors (Lipinski definition) is 1. The number of nitrogens with zero attached hydrogens (tertiary/aromatic N) is 4. The molecule has 5 rings (SSSR count). The Kier molecular flexibility index (Phi) is 6.87. The molecule has 180 valence electrons. The number of nitrogen functional groups attached to an aromatic ring is 1. The van der Waals surface area contributed by atoms with Gasteiger partial charge in [0.2, 0.25) is 5.91 Å². The fourth-order valence-electron chi connectivity index (χ4n) is 4.31. The lowest BCUT2D eigenvalue weighted by Gasteiger charge is -2.33. The highest BCUT2D eigenvalue weighted by atomic mass is 32.2. The van der Waals surface area contributed by atoms with Gasteiger partial charge in [-0.2, -0.15) is 10.5 Å². The Morgan fingerprint density at radius 1 is 0.946 bits per heavy atom. The van der Waals surface area contributed by atoms with Crippen molar-refractivity contribution >= 4 is 46.6 Å². The summed E-state index contributed by atoms with van der Waals surface area (Å²) in [6, 6.07) is 29.2. The summed E-state index contributed by atoms with van der Waals surface area (Å²) in [6.45, 7) is 1.93. The predicted octanol–water partition coefficient (Wildman–Crippen LogP) is 6.77. The lowest BCUT2D eigenvalue weighted by Crippen LogP contribution is -2.35. The summed E-state index contributed by atoms with van der Waals surface area (Å²) in [7, 11) is 0. The zero-order chi connectivity index (χ0) is 25.9. The molecule has 8 heteroatoms. The Balaban J connectivity index is 1.59. The number of rotatable bonds is 5. The number of anilines is 3. The second-order valence-electron chi connectivity index (χ2n) is 8.24. The summed E-state index contributed by atoms with van der Waals surface area (Å²) in [4.78, 5) is 22.3. The molecule has 0 saturated carbocycles. The van der Waals surface area contributed by atoms with Gasteiger partial charge >= 0.3 is 0 Å². The number of nitriles is 2. The quantitative estimate of drug-likeness (QED) is 0.290. The molecule has 0 saturated heterocycles. The van der Waals surface area contributed by atoms with E-state index < -0.39 is 5.25 Å². The van der Waals surface area contributed by atoms with Gasteiger partial charge in [-0.3, -0.25) is 9.69 Å². The first-order chi connectivity index (χ1) is 18.1. The van der Waals surface area contributed by atoms with Gasteiger partial charge < -0.3 is 5.73 Å². The van der Waals surface area contributed by atoms with E-state index in [2.05, 4.69) is 17.1 Å². The fraction of sp³-hybridized carbons (Fsp3) is 0.103. The SMILES string of the molecule is CCC(Sc1nc(N)c(C#N)c(-c2ccccc2)c1C#N)C(=O)N1c2ccccc2Sc2ccccc21. The van der Waals surface area contributed by atoms with Crippen molar-refractivity contribution in [2.75, 3.05) is 10.6 Å². The van der Waals surface area contributed by atoms with Crippen LogP contribution in [0.5, 0.6) is 0 Å². The van der Waals surface area contributed by atoms with Gasteiger partial charge in [0.25, 0.3) is 0 Å². The summed E-state index contributed by atoms with van der Waals surface area (Å²) in [6.07, 6.45) is 0.505. The number of nitrogens with two attached hydrogens (primary N) is 1. The first-order valence-corrected chi connectivity index (χ1v) is 13.3. The zero-order valence-corrected chi connectivity index (χ0v) is 21.5. The predicted molar refractivity (Wildman–Crippen MR) is 148 cm³/mol. The minimum Gasteiger partial charge on any atom is -0.383 e. The lowest BCUT2D eigenvalue weighted by molar-refractivity contribution is -0.117. The Hall–Kier alpha value is -4.24. The van der Waals surface area contributed by atoms with Crippen LogP contribution in [0, 0.1) is 22.7 Å². The van der Waals surface area contributed by atoms with Gasteiger partial charge in [-0.1, -0.05) is 85.0 Å². The van der Waals surface area contributed by atoms with E-state index in [0.29, 0.717) is 22.6 Å². The van der Waals surface area contributed by atoms with Crippen LogP contribution < -0.4 is 10.6 Å². The normalized spacial score (nSPS) is 12.6. The monoisotopic (exact) mass is 519 g/mol. The van der Waals surface area contributed by atoms with Crippen molar-refractivity contribution in [3.63, 3.8) is 0 Å². The summed E-state index contributed by atoms with van der Waals surface area (Å²) < 4.78 is 0. The van der Waals surface area contributed by atoms with Crippen molar-refractivity contribution < 1.29 is 4.79 Å². The number of pyridine rings is 1. The molecule has 2 heterocycles. The zero-order valence-electron chi connectivity index (χ0n) is 19.9. The maximum atomic E-state index is 14.1. The topological polar surface area (TPSA) is 107 Å². The molecule has 0 fully saturated rings. The number of thioether (sulfide) groups is 1. The van der Waals surface area contributed by atoms with Crippen LogP contribution in [-0.2, 0) is 4.79 Å². The molecule has 1 unspecified atom stereocenters. The second kappa shape index (κ2) is 10.4. The minimum absolute atomic E-state index is 0.0372. The van der Waals surface area contributed by atoms with Crippen molar-refractivity contribution in [3.8, 4) is 23.3 Å². The molecule has 0 radical (unpaired) electrons. The Morgan fingerprint density at radius 2 is 1.51 bits per heavy atom. The molecule has 0 spiro atoms. The van der Waals surface area contributed by atoms with Crippen LogP contribution in [0.2, 0.25) is 0 Å². The largest absolute Gasteiger partial charge is 0.383 e. The smallest absolute Gasteiger partial charge is 0.245 e. The van der Waals surface area contributed by atoms with E-state index >= 15 is 0 Å². The van der Waals surface area contributed by atoms with Crippen molar-refractivity contribution in [1.82, 2.24) is 4.98 Å². The van der Waals surface area contributed by atoms with E-state index in [1.165, 1.54) is 11.8 Å². The molecule has 37 heavy (non-hydrogen) atoms. The van der Waals surface area contributed by atoms with Crippen molar-refractivity contribution in [1.29, 1.82) is 10.5 Å². The van der Waals surface area contributed by atoms with Gasteiger partial charge in [0.1, 0.15) is 28.5 Å². The van der Waals surface area contributed by atoms with Gasteiger partial charge in [-0.05, 0) is 36.2 Å². The molecule has 4 aromatic rings. The number of aromatic nitrogens is 1. The average molecular weight is 520 g/mol. The van der Waals surface area contributed by atoms with Gasteiger partial charge in [0.05, 0.1) is 22.2 Å². The van der Waals surface area contributed by atoms with Crippen molar-refractivity contribution in [3.05, 3.63) is 90.0 Å². The Morgan fingerprint density at radius 3 is 2.08 bits per heavy atom. The number of carbonyl (C=O) groups excluding carboxylic acids is 1. The van der Waals surface area contributed by atoms with E-state index in [-0.39, 0.29) is 22.9 Å². The third-order valence-electron chi connectivity index (χ3n) is 6.03. The minimum atomic E-state index is -0.542. The fourth-order valence-corrected chi connectivity index (χ4v) is 6.42. The number of amides is 1. The van der Waals surface area contributed by atoms with Crippen molar-refractivity contribution in [2.24, 2.45) is 0 Å². The van der Waals surface area contributed by atoms with Crippen LogP contribution in [-0.4, -0.2) is 16.1 Å². The van der Waals surface area contributed by atoms with Crippen LogP contribution in [0.1, 0.15) is 24.5 Å². The molecule has 1 aromatic heterocycles. The molecular weight excluding hydrogens is 498 g/mol. The molecule has 1 aliphatic heterocycles. The van der Waals surface area contributed by atoms with Crippen LogP contribution in [0.15, 0.2) is 93.7 Å². The maximum absolute atomic E-state index is 14.1. The van der Waals surface area contributed by atoms with Crippen LogP contribution in [0.4, 0.5) is 17.2 Å². The van der Waals surface area contributed by atoms with E-state index in [9.17, 15) is 15.3 Å². The third-order valence-corrected chi connectivity index (χ3v) is 8.50. The molecule has 0 bridgehead atoms. The second-order valence-corrected chi connectivity index (χ2v) is 10.5. The van der Waals surface area contributed by atoms with Gasteiger partial charge in [-0.25, -0.2) is 4.98 Å². The standard InChI is InChI=1S/C29H21N5OS2/c1-2-23(29(35)34-21-12-6-8-14-24(21)36-25-15-9-7-13-22(25)34)37-28-20(17-31)26(18-10-4-3-5-11-18)19(16-30)27(32)33-28/h3-15,23H,2H2,1H3,(H2,32,33). The van der Waals surface area contributed by atoms with E-state index in [1.54, 1.807) is 16.7 Å². The van der Waals surface area contributed by atoms with Crippen LogP contribution >= 0.6 is 23.5 Å². The van der Waals surface area contributed by atoms with E-state index in [1.807, 2.05) is 85.8 Å². The Labute approximate surface area is 223 Å². The highest BCUT2D eigenvalue weighted by Crippen LogP contribution is 2.49. The lowest BCUT2D eigenvalue weighted by atomic mass is 9.97. The molecule has 2 N–H and O–H groups in total. The van der Waals surface area contributed by atoms with E-state index in [0.717, 1.165) is 21.2 Å². The first-order valence-electron chi connectivity index (χ1n) is 11.6. The molecular formula is C29H21N5OS2. The molecule has 0 aliphatic carbocycles. The molecule has 1 atom stereocenters. The summed E-state index contributed by atoms with van der Waals surface area (Å²) in [5.41, 5.74) is 9.38. The number of carbonyl (C=O) groups is 1. The number of benzene rings is 3. The summed E-state index contributed by atoms with van der Waals surface area (Å²) in [5, 5.41) is 19.7. The molecule has 3 aromatic carbocycles. The summed E-state index contributed by atoms with van der Waals surface area (Å²) >= 11 is 2.85. The third kappa shape index (κ3) is 4.42. The molecule has 1 amide bonds. The Bertz CT molecular complexity index is 1550. The first kappa shape index (κ1) is 24.5. The maximum Gasteiger partial charge on any atom is 0.245 e. The van der Waals surface area contributed by atoms with Crippen LogP contribution in [0.3, 0.4) is 0 Å². The van der Waals surface area contributed by atoms with Crippen molar-refractivity contribution in [2.45, 2.75) is 33.4 Å². The van der Waals surface area contributed by atoms with E-state index in [4.69, 9.17) is 5.73 Å².